The highest BCUT2D eigenvalue weighted by Gasteiger charge is 2.41. The molecule has 18 heavy (non-hydrogen) atoms. The number of rotatable bonds is 4. The number of aryl methyl sites for hydroxylation is 1. The van der Waals surface area contributed by atoms with Gasteiger partial charge in [-0.05, 0) is 20.3 Å². The number of aromatic nitrogens is 3. The van der Waals surface area contributed by atoms with E-state index in [1.807, 2.05) is 11.6 Å². The van der Waals surface area contributed by atoms with E-state index in [4.69, 9.17) is 4.74 Å². The summed E-state index contributed by atoms with van der Waals surface area (Å²) in [6.07, 6.45) is 4.35. The standard InChI is InChI=1S/C13H23N3O2/c1-4-12(3)9-13(17,6-7-18-12)8-11-14-10-15-16(11)5-2/h10,17H,4-9H2,1-3H3. The van der Waals surface area contributed by atoms with Gasteiger partial charge in [-0.15, -0.1) is 0 Å². The first-order valence-corrected chi connectivity index (χ1v) is 6.73. The summed E-state index contributed by atoms with van der Waals surface area (Å²) in [7, 11) is 0. The van der Waals surface area contributed by atoms with Crippen LogP contribution in [0.1, 0.15) is 45.9 Å². The molecule has 5 nitrogen and oxygen atoms in total. The molecule has 2 unspecified atom stereocenters. The quantitative estimate of drug-likeness (QED) is 0.884. The summed E-state index contributed by atoms with van der Waals surface area (Å²) in [5.74, 6) is 0.861. The summed E-state index contributed by atoms with van der Waals surface area (Å²) in [4.78, 5) is 4.25. The van der Waals surface area contributed by atoms with Crippen LogP contribution in [0.4, 0.5) is 0 Å². The Labute approximate surface area is 108 Å². The minimum atomic E-state index is -0.719. The van der Waals surface area contributed by atoms with Gasteiger partial charge in [-0.25, -0.2) is 4.98 Å². The Morgan fingerprint density at radius 2 is 2.28 bits per heavy atom. The third kappa shape index (κ3) is 2.72. The van der Waals surface area contributed by atoms with E-state index in [2.05, 4.69) is 23.9 Å². The van der Waals surface area contributed by atoms with Gasteiger partial charge in [-0.3, -0.25) is 4.68 Å². The van der Waals surface area contributed by atoms with E-state index < -0.39 is 5.60 Å². The van der Waals surface area contributed by atoms with E-state index in [-0.39, 0.29) is 5.60 Å². The largest absolute Gasteiger partial charge is 0.389 e. The Hall–Kier alpha value is -0.940. The normalized spacial score (nSPS) is 32.7. The molecule has 1 aromatic rings. The third-order valence-corrected chi connectivity index (χ3v) is 3.95. The Morgan fingerprint density at radius 1 is 1.50 bits per heavy atom. The predicted molar refractivity (Wildman–Crippen MR) is 68.2 cm³/mol. The maximum atomic E-state index is 10.8. The molecular formula is C13H23N3O2. The van der Waals surface area contributed by atoms with Crippen LogP contribution in [0.5, 0.6) is 0 Å². The zero-order valence-electron chi connectivity index (χ0n) is 11.5. The van der Waals surface area contributed by atoms with Gasteiger partial charge in [0.1, 0.15) is 12.2 Å². The highest BCUT2D eigenvalue weighted by atomic mass is 16.5. The molecule has 0 aromatic carbocycles. The van der Waals surface area contributed by atoms with Crippen molar-refractivity contribution in [2.45, 2.75) is 64.2 Å². The molecule has 0 radical (unpaired) electrons. The van der Waals surface area contributed by atoms with Gasteiger partial charge in [0, 0.05) is 25.8 Å². The molecule has 1 aliphatic heterocycles. The molecule has 1 saturated heterocycles. The van der Waals surface area contributed by atoms with Gasteiger partial charge in [0.25, 0.3) is 0 Å². The summed E-state index contributed by atoms with van der Waals surface area (Å²) >= 11 is 0. The molecule has 1 fully saturated rings. The molecule has 0 saturated carbocycles. The van der Waals surface area contributed by atoms with Crippen LogP contribution in [-0.4, -0.2) is 37.7 Å². The summed E-state index contributed by atoms with van der Waals surface area (Å²) in [5, 5.41) is 14.9. The lowest BCUT2D eigenvalue weighted by molar-refractivity contribution is -0.153. The first kappa shape index (κ1) is 13.5. The SMILES string of the molecule is CCn1ncnc1CC1(O)CCOC(C)(CC)C1. The van der Waals surface area contributed by atoms with Gasteiger partial charge >= 0.3 is 0 Å². The second-order valence-corrected chi connectivity index (χ2v) is 5.47. The maximum absolute atomic E-state index is 10.8. The fourth-order valence-electron chi connectivity index (χ4n) is 2.68. The first-order valence-electron chi connectivity index (χ1n) is 6.73. The molecule has 0 bridgehead atoms. The summed E-state index contributed by atoms with van der Waals surface area (Å²) in [6.45, 7) is 7.60. The minimum Gasteiger partial charge on any atom is -0.389 e. The van der Waals surface area contributed by atoms with Gasteiger partial charge in [-0.1, -0.05) is 6.92 Å². The monoisotopic (exact) mass is 253 g/mol. The highest BCUT2D eigenvalue weighted by molar-refractivity contribution is 5.00. The van der Waals surface area contributed by atoms with E-state index in [0.29, 0.717) is 25.9 Å². The number of nitrogens with zero attached hydrogens (tertiary/aromatic N) is 3. The van der Waals surface area contributed by atoms with Crippen molar-refractivity contribution in [1.82, 2.24) is 14.8 Å². The fraction of sp³-hybridized carbons (Fsp3) is 0.846. The number of hydrogen-bond acceptors (Lipinski definition) is 4. The summed E-state index contributed by atoms with van der Waals surface area (Å²) < 4.78 is 7.63. The molecule has 5 heteroatoms. The zero-order valence-corrected chi connectivity index (χ0v) is 11.5. The van der Waals surface area contributed by atoms with Gasteiger partial charge in [0.2, 0.25) is 0 Å². The fourth-order valence-corrected chi connectivity index (χ4v) is 2.68. The van der Waals surface area contributed by atoms with Crippen molar-refractivity contribution < 1.29 is 9.84 Å². The third-order valence-electron chi connectivity index (χ3n) is 3.95. The molecule has 0 aliphatic carbocycles. The Bertz CT molecular complexity index is 407. The second-order valence-electron chi connectivity index (χ2n) is 5.47. The first-order chi connectivity index (χ1) is 8.50. The van der Waals surface area contributed by atoms with Crippen LogP contribution in [0.3, 0.4) is 0 Å². The van der Waals surface area contributed by atoms with Crippen molar-refractivity contribution >= 4 is 0 Å². The van der Waals surface area contributed by atoms with Crippen LogP contribution in [0.15, 0.2) is 6.33 Å². The highest BCUT2D eigenvalue weighted by Crippen LogP contribution is 2.36. The topological polar surface area (TPSA) is 60.2 Å². The van der Waals surface area contributed by atoms with Crippen molar-refractivity contribution in [2.75, 3.05) is 6.61 Å². The van der Waals surface area contributed by atoms with Gasteiger partial charge < -0.3 is 9.84 Å². The van der Waals surface area contributed by atoms with Gasteiger partial charge in [0.15, 0.2) is 0 Å². The lowest BCUT2D eigenvalue weighted by atomic mass is 9.80. The molecule has 102 valence electrons. The van der Waals surface area contributed by atoms with Crippen LogP contribution >= 0.6 is 0 Å². The van der Waals surface area contributed by atoms with Crippen LogP contribution < -0.4 is 0 Å². The second kappa shape index (κ2) is 4.97. The van der Waals surface area contributed by atoms with Crippen molar-refractivity contribution in [2.24, 2.45) is 0 Å². The van der Waals surface area contributed by atoms with Gasteiger partial charge in [0.05, 0.1) is 17.8 Å². The van der Waals surface area contributed by atoms with E-state index in [9.17, 15) is 5.11 Å². The summed E-state index contributed by atoms with van der Waals surface area (Å²) in [5.41, 5.74) is -0.937. The van der Waals surface area contributed by atoms with Crippen molar-refractivity contribution in [1.29, 1.82) is 0 Å². The molecule has 0 spiro atoms. The minimum absolute atomic E-state index is 0.218. The number of aliphatic hydroxyl groups is 1. The van der Waals surface area contributed by atoms with Crippen LogP contribution in [0.25, 0.3) is 0 Å². The molecule has 2 rings (SSSR count). The predicted octanol–water partition coefficient (Wildman–Crippen LogP) is 1.55. The molecule has 1 aromatic heterocycles. The Morgan fingerprint density at radius 3 is 2.94 bits per heavy atom. The average molecular weight is 253 g/mol. The van der Waals surface area contributed by atoms with Crippen molar-refractivity contribution in [3.63, 3.8) is 0 Å². The van der Waals surface area contributed by atoms with Crippen LogP contribution in [0, 0.1) is 0 Å². The molecule has 1 aliphatic rings. The van der Waals surface area contributed by atoms with E-state index in [0.717, 1.165) is 18.8 Å². The molecule has 0 amide bonds. The molecule has 2 atom stereocenters. The van der Waals surface area contributed by atoms with E-state index in [1.165, 1.54) is 0 Å². The average Bonchev–Trinajstić information content (AvgIpc) is 2.75. The molecule has 1 N–H and O–H groups in total. The van der Waals surface area contributed by atoms with E-state index >= 15 is 0 Å². The van der Waals surface area contributed by atoms with Crippen LogP contribution in [-0.2, 0) is 17.7 Å². The summed E-state index contributed by atoms with van der Waals surface area (Å²) in [6, 6.07) is 0. The van der Waals surface area contributed by atoms with Crippen molar-refractivity contribution in [3.05, 3.63) is 12.2 Å². The number of ether oxygens (including phenoxy) is 1. The van der Waals surface area contributed by atoms with E-state index in [1.54, 1.807) is 6.33 Å². The Kier molecular flexibility index (Phi) is 3.73. The maximum Gasteiger partial charge on any atom is 0.138 e. The lowest BCUT2D eigenvalue weighted by Crippen LogP contribution is -2.48. The van der Waals surface area contributed by atoms with Gasteiger partial charge in [-0.2, -0.15) is 5.10 Å². The Balaban J connectivity index is 2.12. The smallest absolute Gasteiger partial charge is 0.138 e. The van der Waals surface area contributed by atoms with Crippen molar-refractivity contribution in [3.8, 4) is 0 Å². The molecular weight excluding hydrogens is 230 g/mol. The number of hydrogen-bond donors (Lipinski definition) is 1. The zero-order chi connectivity index (χ0) is 13.2. The molecule has 2 heterocycles. The lowest BCUT2D eigenvalue weighted by Gasteiger charge is -2.43. The van der Waals surface area contributed by atoms with Crippen LogP contribution in [0.2, 0.25) is 0 Å².